The topological polar surface area (TPSA) is 379 Å². The second kappa shape index (κ2) is 68.8. The van der Waals surface area contributed by atoms with Crippen LogP contribution in [0.2, 0.25) is 0 Å². The molecule has 0 radical (unpaired) electrons. The van der Waals surface area contributed by atoms with E-state index in [2.05, 4.69) is 0 Å². The van der Waals surface area contributed by atoms with E-state index in [1.165, 1.54) is 0 Å². The molecule has 23 heteroatoms. The molecule has 0 N–H and O–H groups in total. The van der Waals surface area contributed by atoms with Gasteiger partial charge in [-0.05, 0) is 0 Å². The molecular formula is Hf3N4O16. The maximum atomic E-state index is 8.25. The van der Waals surface area contributed by atoms with Crippen molar-refractivity contribution < 1.29 is 120 Å². The zero-order chi connectivity index (χ0) is 14.3. The van der Waals surface area contributed by atoms with E-state index in [0.717, 1.165) is 0 Å². The third-order valence-corrected chi connectivity index (χ3v) is 0. The van der Waals surface area contributed by atoms with Crippen molar-refractivity contribution in [3.63, 3.8) is 0 Å². The van der Waals surface area contributed by atoms with E-state index >= 15 is 0 Å². The molecule has 0 saturated carbocycles. The Bertz CT molecular complexity index is 167. The molecule has 0 rings (SSSR count). The predicted molar refractivity (Wildman–Crippen MR) is 44.2 cm³/mol. The molecule has 0 aliphatic rings. The normalized spacial score (nSPS) is 4.17. The molecule has 0 aliphatic carbocycles. The third-order valence-electron chi connectivity index (χ3n) is 0. The van der Waals surface area contributed by atoms with Crippen LogP contribution in [0, 0.1) is 61.3 Å². The van der Waals surface area contributed by atoms with E-state index in [-0.39, 0.29) is 99.4 Å². The van der Waals surface area contributed by atoms with Crippen molar-refractivity contribution in [2.75, 3.05) is 0 Å². The minimum atomic E-state index is -1.75. The summed E-state index contributed by atoms with van der Waals surface area (Å²) in [6.07, 6.45) is 0. The standard InChI is InChI=1S/3Hf.4NO3.4O/c;;;4*2-1(3)4;;;;/q3*+4;4*-1;4*-2. The van der Waals surface area contributed by atoms with Gasteiger partial charge in [-0.1, -0.05) is 0 Å². The monoisotopic (exact) mass is 852 g/mol. The van der Waals surface area contributed by atoms with Gasteiger partial charge < -0.3 is 83.2 Å². The summed E-state index contributed by atoms with van der Waals surface area (Å²) in [6.45, 7) is 0. The zero-order valence-corrected chi connectivity index (χ0v) is 20.6. The molecule has 128 valence electrons. The first-order chi connectivity index (χ1) is 6.93. The summed E-state index contributed by atoms with van der Waals surface area (Å²) in [5.74, 6) is 0. The van der Waals surface area contributed by atoms with Crippen molar-refractivity contribution in [2.45, 2.75) is 0 Å². The van der Waals surface area contributed by atoms with Crippen LogP contribution in [0.4, 0.5) is 0 Å². The summed E-state index contributed by atoms with van der Waals surface area (Å²) in [5, 5.41) is 59.0. The molecule has 20 nitrogen and oxygen atoms in total. The van der Waals surface area contributed by atoms with Gasteiger partial charge >= 0.3 is 77.5 Å². The van der Waals surface area contributed by atoms with E-state index in [0.29, 0.717) is 0 Å². The molecule has 0 atom stereocenters. The second-order valence-electron chi connectivity index (χ2n) is 0.894. The number of rotatable bonds is 0. The van der Waals surface area contributed by atoms with Crippen LogP contribution in [0.1, 0.15) is 0 Å². The van der Waals surface area contributed by atoms with Gasteiger partial charge in [-0.2, -0.15) is 0 Å². The molecule has 0 aromatic carbocycles. The van der Waals surface area contributed by atoms with Crippen molar-refractivity contribution in [2.24, 2.45) is 0 Å². The van der Waals surface area contributed by atoms with E-state index in [1.54, 1.807) is 0 Å². The Morgan fingerprint density at radius 1 is 0.348 bits per heavy atom. The Morgan fingerprint density at radius 2 is 0.348 bits per heavy atom. The number of hydrogen-bond donors (Lipinski definition) is 0. The second-order valence-corrected chi connectivity index (χ2v) is 0.894. The maximum Gasteiger partial charge on any atom is 4.00 e. The summed E-state index contributed by atoms with van der Waals surface area (Å²) in [6, 6.07) is 0. The fourth-order valence-electron chi connectivity index (χ4n) is 0. The van der Waals surface area contributed by atoms with Gasteiger partial charge in [0, 0.05) is 0 Å². The van der Waals surface area contributed by atoms with Crippen LogP contribution < -0.4 is 0 Å². The molecule has 23 heavy (non-hydrogen) atoms. The minimum Gasteiger partial charge on any atom is -2.00 e. The van der Waals surface area contributed by atoms with Gasteiger partial charge in [-0.3, -0.25) is 0 Å². The SMILES string of the molecule is O=[N+]([O-])[O-].O=[N+]([O-])[O-].O=[N+]([O-])[O-].O=[N+]([O-])[O-].[Hf+4].[Hf+4].[Hf+4].[O-2].[O-2].[O-2].[O-2]. The molecule has 0 saturated heterocycles. The molecule has 0 unspecified atom stereocenters. The van der Waals surface area contributed by atoms with Crippen LogP contribution in [0.5, 0.6) is 0 Å². The summed E-state index contributed by atoms with van der Waals surface area (Å²) < 4.78 is 0. The van der Waals surface area contributed by atoms with Crippen LogP contribution in [-0.2, 0) is 99.4 Å². The maximum absolute atomic E-state index is 8.25. The van der Waals surface area contributed by atoms with Crippen molar-refractivity contribution in [3.8, 4) is 0 Å². The average Bonchev–Trinajstić information content (AvgIpc) is 1.76. The van der Waals surface area contributed by atoms with Crippen LogP contribution in [-0.4, -0.2) is 20.3 Å². The molecule has 0 aromatic heterocycles. The van der Waals surface area contributed by atoms with Crippen LogP contribution in [0.15, 0.2) is 0 Å². The fraction of sp³-hybridized carbons (Fsp3) is 0. The largest absolute Gasteiger partial charge is 4.00 e. The first-order valence-corrected chi connectivity index (χ1v) is 2.19. The number of nitrogens with zero attached hydrogens (tertiary/aromatic N) is 4. The van der Waals surface area contributed by atoms with Gasteiger partial charge in [0.05, 0.1) is 20.3 Å². The Kier molecular flexibility index (Phi) is 238. The molecule has 0 heterocycles. The van der Waals surface area contributed by atoms with Gasteiger partial charge in [-0.15, -0.1) is 0 Å². The molecule has 0 aromatic rings. The van der Waals surface area contributed by atoms with Gasteiger partial charge in [0.15, 0.2) is 0 Å². The quantitative estimate of drug-likeness (QED) is 0.154. The van der Waals surface area contributed by atoms with Gasteiger partial charge in [-0.25, -0.2) is 0 Å². The van der Waals surface area contributed by atoms with E-state index in [9.17, 15) is 0 Å². The van der Waals surface area contributed by atoms with E-state index in [4.69, 9.17) is 61.3 Å². The van der Waals surface area contributed by atoms with Crippen LogP contribution >= 0.6 is 0 Å². The van der Waals surface area contributed by atoms with Gasteiger partial charge in [0.25, 0.3) is 0 Å². The van der Waals surface area contributed by atoms with Crippen LogP contribution in [0.25, 0.3) is 0 Å². The Balaban J connectivity index is -0.00000000842. The molecular weight excluding hydrogens is 847 g/mol. The van der Waals surface area contributed by atoms with E-state index in [1.807, 2.05) is 0 Å². The Morgan fingerprint density at radius 3 is 0.348 bits per heavy atom. The fourth-order valence-corrected chi connectivity index (χ4v) is 0. The summed E-state index contributed by atoms with van der Waals surface area (Å²) in [4.78, 5) is 33.0. The zero-order valence-electron chi connectivity index (χ0n) is 9.82. The van der Waals surface area contributed by atoms with Crippen molar-refractivity contribution in [1.29, 1.82) is 0 Å². The summed E-state index contributed by atoms with van der Waals surface area (Å²) in [5.41, 5.74) is 0. The smallest absolute Gasteiger partial charge is 2.00 e. The minimum absolute atomic E-state index is 0. The predicted octanol–water partition coefficient (Wildman–Crippen LogP) is -1.44. The van der Waals surface area contributed by atoms with Crippen LogP contribution in [0.3, 0.4) is 0 Å². The molecule has 0 aliphatic heterocycles. The number of hydrogen-bond acceptors (Lipinski definition) is 12. The molecule has 0 bridgehead atoms. The average molecular weight is 847 g/mol. The Hall–Kier alpha value is -0.750. The molecule has 0 spiro atoms. The Labute approximate surface area is 180 Å². The van der Waals surface area contributed by atoms with Crippen molar-refractivity contribution in [1.82, 2.24) is 0 Å². The first-order valence-electron chi connectivity index (χ1n) is 2.19. The van der Waals surface area contributed by atoms with Crippen molar-refractivity contribution in [3.05, 3.63) is 61.3 Å². The van der Waals surface area contributed by atoms with Crippen molar-refractivity contribution >= 4 is 0 Å². The molecule has 0 amide bonds. The summed E-state index contributed by atoms with van der Waals surface area (Å²) in [7, 11) is 0. The first kappa shape index (κ1) is 79.4. The van der Waals surface area contributed by atoms with E-state index < -0.39 is 20.3 Å². The van der Waals surface area contributed by atoms with Gasteiger partial charge in [0.1, 0.15) is 0 Å². The van der Waals surface area contributed by atoms with Gasteiger partial charge in [0.2, 0.25) is 0 Å². The molecule has 0 fully saturated rings. The third kappa shape index (κ3) is 14000. The summed E-state index contributed by atoms with van der Waals surface area (Å²) >= 11 is 0.